The van der Waals surface area contributed by atoms with Crippen LogP contribution in [0.5, 0.6) is 5.75 Å². The molecule has 3 rings (SSSR count). The molecule has 0 unspecified atom stereocenters. The molecule has 0 aromatic heterocycles. The lowest BCUT2D eigenvalue weighted by Gasteiger charge is -2.40. The number of amides is 2. The fraction of sp³-hybridized carbons (Fsp3) is 0.364. The van der Waals surface area contributed by atoms with Crippen LogP contribution in [0.3, 0.4) is 0 Å². The predicted molar refractivity (Wildman–Crippen MR) is 106 cm³/mol. The third kappa shape index (κ3) is 4.44. The van der Waals surface area contributed by atoms with Crippen LogP contribution >= 0.6 is 0 Å². The molecule has 2 amide bonds. The first-order chi connectivity index (χ1) is 13.5. The van der Waals surface area contributed by atoms with E-state index < -0.39 is 6.09 Å². The Hall–Kier alpha value is -3.02. The topological polar surface area (TPSA) is 90.7 Å². The second-order valence-electron chi connectivity index (χ2n) is 7.17. The minimum Gasteiger partial charge on any atom is -0.496 e. The summed E-state index contributed by atoms with van der Waals surface area (Å²) in [5.41, 5.74) is 6.64. The summed E-state index contributed by atoms with van der Waals surface area (Å²) in [5, 5.41) is 3.09. The highest BCUT2D eigenvalue weighted by molar-refractivity contribution is 5.96. The van der Waals surface area contributed by atoms with Gasteiger partial charge in [0, 0.05) is 12.0 Å². The van der Waals surface area contributed by atoms with Crippen LogP contribution in [0.25, 0.3) is 0 Å². The van der Waals surface area contributed by atoms with Crippen molar-refractivity contribution in [2.24, 2.45) is 5.73 Å². The van der Waals surface area contributed by atoms with Gasteiger partial charge >= 0.3 is 6.09 Å². The molecule has 6 nitrogen and oxygen atoms in total. The monoisotopic (exact) mass is 382 g/mol. The van der Waals surface area contributed by atoms with Gasteiger partial charge in [0.2, 0.25) is 0 Å². The molecule has 0 atom stereocenters. The molecule has 0 heterocycles. The summed E-state index contributed by atoms with van der Waals surface area (Å²) < 4.78 is 10.5. The van der Waals surface area contributed by atoms with Gasteiger partial charge in [0.05, 0.1) is 12.7 Å². The molecule has 3 N–H and O–H groups in total. The lowest BCUT2D eigenvalue weighted by Crippen LogP contribution is -2.45. The fourth-order valence-electron chi connectivity index (χ4n) is 3.96. The highest BCUT2D eigenvalue weighted by Gasteiger charge is 2.38. The van der Waals surface area contributed by atoms with Gasteiger partial charge in [-0.1, -0.05) is 42.5 Å². The molecule has 0 spiro atoms. The highest BCUT2D eigenvalue weighted by Crippen LogP contribution is 2.40. The Labute approximate surface area is 165 Å². The second-order valence-corrected chi connectivity index (χ2v) is 7.17. The number of hydrogen-bond donors (Lipinski definition) is 2. The molecule has 0 radical (unpaired) electrons. The molecule has 6 heteroatoms. The van der Waals surface area contributed by atoms with E-state index in [1.807, 2.05) is 30.3 Å². The lowest BCUT2D eigenvalue weighted by atomic mass is 9.68. The minimum absolute atomic E-state index is 0.164. The maximum absolute atomic E-state index is 12.8. The van der Waals surface area contributed by atoms with Gasteiger partial charge in [-0.2, -0.15) is 0 Å². The summed E-state index contributed by atoms with van der Waals surface area (Å²) >= 11 is 0. The average Bonchev–Trinajstić information content (AvgIpc) is 2.73. The second kappa shape index (κ2) is 8.78. The molecule has 2 aromatic carbocycles. The van der Waals surface area contributed by atoms with Crippen LogP contribution in [0, 0.1) is 0 Å². The van der Waals surface area contributed by atoms with Crippen molar-refractivity contribution >= 4 is 12.0 Å². The van der Waals surface area contributed by atoms with Crippen LogP contribution in [0.2, 0.25) is 0 Å². The molecule has 1 aliphatic carbocycles. The van der Waals surface area contributed by atoms with Crippen molar-refractivity contribution in [2.75, 3.05) is 13.7 Å². The molecule has 28 heavy (non-hydrogen) atoms. The molecule has 148 valence electrons. The van der Waals surface area contributed by atoms with Gasteiger partial charge in [-0.15, -0.1) is 0 Å². The van der Waals surface area contributed by atoms with E-state index in [4.69, 9.17) is 15.2 Å². The SMILES string of the molecule is COc1ccccc1C(=O)NCC1(c2ccccc2)CCC(OC(N)=O)CC1. The Morgan fingerprint density at radius 3 is 2.36 bits per heavy atom. The third-order valence-electron chi connectivity index (χ3n) is 5.50. The van der Waals surface area contributed by atoms with Crippen molar-refractivity contribution < 1.29 is 19.1 Å². The van der Waals surface area contributed by atoms with E-state index in [1.54, 1.807) is 19.2 Å². The summed E-state index contributed by atoms with van der Waals surface area (Å²) in [6.07, 6.45) is 2.11. The normalized spacial score (nSPS) is 21.5. The van der Waals surface area contributed by atoms with Crippen molar-refractivity contribution in [3.8, 4) is 5.75 Å². The van der Waals surface area contributed by atoms with Crippen LogP contribution in [-0.4, -0.2) is 31.8 Å². The summed E-state index contributed by atoms with van der Waals surface area (Å²) in [7, 11) is 1.55. The zero-order valence-electron chi connectivity index (χ0n) is 16.0. The van der Waals surface area contributed by atoms with Gasteiger partial charge in [0.15, 0.2) is 0 Å². The lowest BCUT2D eigenvalue weighted by molar-refractivity contribution is 0.0622. The van der Waals surface area contributed by atoms with Crippen molar-refractivity contribution in [2.45, 2.75) is 37.2 Å². The predicted octanol–water partition coefficient (Wildman–Crippen LogP) is 3.40. The Morgan fingerprint density at radius 2 is 1.71 bits per heavy atom. The number of methoxy groups -OCH3 is 1. The van der Waals surface area contributed by atoms with Gasteiger partial charge in [-0.25, -0.2) is 4.79 Å². The van der Waals surface area contributed by atoms with E-state index in [-0.39, 0.29) is 17.4 Å². The molecule has 0 saturated heterocycles. The van der Waals surface area contributed by atoms with Gasteiger partial charge < -0.3 is 20.5 Å². The van der Waals surface area contributed by atoms with Gasteiger partial charge in [-0.05, 0) is 43.4 Å². The number of primary amides is 1. The Kier molecular flexibility index (Phi) is 6.19. The van der Waals surface area contributed by atoms with Crippen molar-refractivity contribution in [3.05, 3.63) is 65.7 Å². The molecule has 1 fully saturated rings. The number of rotatable bonds is 6. The van der Waals surface area contributed by atoms with E-state index in [0.29, 0.717) is 30.7 Å². The molecule has 0 bridgehead atoms. The number of para-hydroxylation sites is 1. The number of carbonyl (C=O) groups is 2. The van der Waals surface area contributed by atoms with Crippen molar-refractivity contribution in [3.63, 3.8) is 0 Å². The van der Waals surface area contributed by atoms with E-state index in [1.165, 1.54) is 5.56 Å². The maximum atomic E-state index is 12.8. The number of benzene rings is 2. The first-order valence-electron chi connectivity index (χ1n) is 9.47. The Bertz CT molecular complexity index is 814. The fourth-order valence-corrected chi connectivity index (χ4v) is 3.96. The summed E-state index contributed by atoms with van der Waals surface area (Å²) in [5.74, 6) is 0.385. The largest absolute Gasteiger partial charge is 0.496 e. The molecule has 1 aliphatic rings. The number of nitrogens with two attached hydrogens (primary N) is 1. The first-order valence-corrected chi connectivity index (χ1v) is 9.47. The molecule has 2 aromatic rings. The van der Waals surface area contributed by atoms with Crippen LogP contribution in [0.4, 0.5) is 4.79 Å². The van der Waals surface area contributed by atoms with Gasteiger partial charge in [-0.3, -0.25) is 4.79 Å². The quantitative estimate of drug-likeness (QED) is 0.801. The Morgan fingerprint density at radius 1 is 1.07 bits per heavy atom. The minimum atomic E-state index is -0.735. The smallest absolute Gasteiger partial charge is 0.404 e. The number of nitrogens with one attached hydrogen (secondary N) is 1. The van der Waals surface area contributed by atoms with Crippen LogP contribution in [0.15, 0.2) is 54.6 Å². The highest BCUT2D eigenvalue weighted by atomic mass is 16.6. The van der Waals surface area contributed by atoms with Gasteiger partial charge in [0.25, 0.3) is 5.91 Å². The average molecular weight is 382 g/mol. The van der Waals surface area contributed by atoms with Crippen LogP contribution in [-0.2, 0) is 10.2 Å². The van der Waals surface area contributed by atoms with Crippen molar-refractivity contribution in [1.29, 1.82) is 0 Å². The van der Waals surface area contributed by atoms with E-state index in [9.17, 15) is 9.59 Å². The number of carbonyl (C=O) groups excluding carboxylic acids is 2. The zero-order chi connectivity index (χ0) is 20.0. The van der Waals surface area contributed by atoms with E-state index >= 15 is 0 Å². The molecule has 1 saturated carbocycles. The zero-order valence-corrected chi connectivity index (χ0v) is 16.0. The summed E-state index contributed by atoms with van der Waals surface area (Å²) in [6.45, 7) is 0.497. The van der Waals surface area contributed by atoms with Gasteiger partial charge in [0.1, 0.15) is 11.9 Å². The molecule has 0 aliphatic heterocycles. The maximum Gasteiger partial charge on any atom is 0.404 e. The van der Waals surface area contributed by atoms with Crippen LogP contribution in [0.1, 0.15) is 41.6 Å². The standard InChI is InChI=1S/C22H26N2O4/c1-27-19-10-6-5-9-18(19)20(25)24-15-22(16-7-3-2-4-8-16)13-11-17(12-14-22)28-21(23)26/h2-10,17H,11-15H2,1H3,(H2,23,26)(H,24,25). The third-order valence-corrected chi connectivity index (χ3v) is 5.50. The summed E-state index contributed by atoms with van der Waals surface area (Å²) in [4.78, 5) is 23.8. The molecular formula is C22H26N2O4. The van der Waals surface area contributed by atoms with Crippen molar-refractivity contribution in [1.82, 2.24) is 5.32 Å². The van der Waals surface area contributed by atoms with E-state index in [0.717, 1.165) is 12.8 Å². The Balaban J connectivity index is 1.76. The number of hydrogen-bond acceptors (Lipinski definition) is 4. The van der Waals surface area contributed by atoms with E-state index in [2.05, 4.69) is 17.4 Å². The number of ether oxygens (including phenoxy) is 2. The first kappa shape index (κ1) is 19.7. The molecular weight excluding hydrogens is 356 g/mol. The van der Waals surface area contributed by atoms with Crippen LogP contribution < -0.4 is 15.8 Å². The summed E-state index contributed by atoms with van der Waals surface area (Å²) in [6, 6.07) is 17.3.